The van der Waals surface area contributed by atoms with Crippen LogP contribution >= 0.6 is 0 Å². The molecule has 0 bridgehead atoms. The fraction of sp³-hybridized carbons (Fsp3) is 0.429. The number of unbranched alkanes of at least 4 members (excludes halogenated alkanes) is 1. The van der Waals surface area contributed by atoms with E-state index >= 15 is 0 Å². The summed E-state index contributed by atoms with van der Waals surface area (Å²) in [5.41, 5.74) is 4.38. The lowest BCUT2D eigenvalue weighted by Crippen LogP contribution is -2.34. The highest BCUT2D eigenvalue weighted by Gasteiger charge is 2.33. The Morgan fingerprint density at radius 2 is 1.92 bits per heavy atom. The molecule has 3 heterocycles. The Bertz CT molecular complexity index is 1440. The number of aliphatic carboxylic acids is 1. The number of tetrazole rings is 1. The number of carboxylic acids is 1. The third-order valence-electron chi connectivity index (χ3n) is 7.58. The predicted octanol–water partition coefficient (Wildman–Crippen LogP) is 4.49. The second kappa shape index (κ2) is 11.5. The molecule has 1 saturated carbocycles. The van der Waals surface area contributed by atoms with Crippen molar-refractivity contribution in [3.05, 3.63) is 70.7 Å². The van der Waals surface area contributed by atoms with Crippen LogP contribution in [0.15, 0.2) is 53.7 Å². The van der Waals surface area contributed by atoms with Gasteiger partial charge in [0.25, 0.3) is 0 Å². The summed E-state index contributed by atoms with van der Waals surface area (Å²) in [6, 6.07) is 9.46. The Kier molecular flexibility index (Phi) is 7.76. The van der Waals surface area contributed by atoms with E-state index in [1.54, 1.807) is 21.5 Å². The van der Waals surface area contributed by atoms with Gasteiger partial charge in [-0.2, -0.15) is 0 Å². The van der Waals surface area contributed by atoms with E-state index in [4.69, 9.17) is 0 Å². The molecule has 0 aliphatic heterocycles. The first-order chi connectivity index (χ1) is 18.6. The highest BCUT2D eigenvalue weighted by Crippen LogP contribution is 2.34. The highest BCUT2D eigenvalue weighted by molar-refractivity contribution is 5.81. The van der Waals surface area contributed by atoms with Gasteiger partial charge in [-0.05, 0) is 58.9 Å². The van der Waals surface area contributed by atoms with Crippen molar-refractivity contribution in [3.8, 4) is 22.5 Å². The minimum Gasteiger partial charge on any atom is -0.481 e. The van der Waals surface area contributed by atoms with Gasteiger partial charge in [0, 0.05) is 29.8 Å². The fourth-order valence-electron chi connectivity index (χ4n) is 5.60. The number of benzene rings is 1. The number of carbonyl (C=O) groups is 1. The van der Waals surface area contributed by atoms with Gasteiger partial charge in [-0.15, -0.1) is 5.10 Å². The topological polar surface area (TPSA) is 132 Å². The van der Waals surface area contributed by atoms with Gasteiger partial charge in [-0.1, -0.05) is 56.9 Å². The zero-order valence-electron chi connectivity index (χ0n) is 21.6. The number of aryl methyl sites for hydroxylation is 1. The lowest BCUT2D eigenvalue weighted by atomic mass is 9.95. The molecule has 4 aromatic rings. The third kappa shape index (κ3) is 5.16. The van der Waals surface area contributed by atoms with Crippen molar-refractivity contribution >= 4 is 5.97 Å². The van der Waals surface area contributed by atoms with Crippen LogP contribution in [-0.4, -0.2) is 45.8 Å². The second-order valence-corrected chi connectivity index (χ2v) is 9.98. The Morgan fingerprint density at radius 3 is 2.68 bits per heavy atom. The van der Waals surface area contributed by atoms with Crippen molar-refractivity contribution in [3.63, 3.8) is 0 Å². The highest BCUT2D eigenvalue weighted by atomic mass is 16.4. The number of nitrogens with zero attached hydrogens (tertiary/aromatic N) is 6. The molecule has 1 aromatic carbocycles. The molecule has 0 amide bonds. The number of hydrogen-bond donors (Lipinski definition) is 2. The van der Waals surface area contributed by atoms with Gasteiger partial charge in [0.1, 0.15) is 0 Å². The van der Waals surface area contributed by atoms with E-state index in [1.807, 2.05) is 36.5 Å². The van der Waals surface area contributed by atoms with Crippen molar-refractivity contribution in [2.75, 3.05) is 0 Å². The van der Waals surface area contributed by atoms with E-state index in [2.05, 4.69) is 32.5 Å². The molecule has 198 valence electrons. The van der Waals surface area contributed by atoms with Crippen molar-refractivity contribution in [1.82, 2.24) is 34.7 Å². The average molecular weight is 516 g/mol. The summed E-state index contributed by atoms with van der Waals surface area (Å²) in [4.78, 5) is 30.4. The van der Waals surface area contributed by atoms with Crippen LogP contribution in [0, 0.1) is 5.92 Å². The largest absolute Gasteiger partial charge is 0.481 e. The van der Waals surface area contributed by atoms with E-state index in [0.717, 1.165) is 66.5 Å². The lowest BCUT2D eigenvalue weighted by Gasteiger charge is -2.22. The summed E-state index contributed by atoms with van der Waals surface area (Å²) < 4.78 is 3.51. The zero-order chi connectivity index (χ0) is 26.5. The standard InChI is InChI=1S/C28H33N7O3/c1-2-3-9-20-18-35(25-13-6-4-5-12-24(25)27(36)37)28(38)34(20)17-19-16-29-15-14-21(19)22-10-7-8-11-23(22)26-30-32-33-31-26/h7-8,10-11,14-16,18,24-25H,2-6,9,12-13,17H2,1H3,(H,36,37)(H,30,31,32,33). The maximum absolute atomic E-state index is 13.9. The van der Waals surface area contributed by atoms with Crippen LogP contribution in [0.25, 0.3) is 22.5 Å². The summed E-state index contributed by atoms with van der Waals surface area (Å²) >= 11 is 0. The molecule has 2 unspecified atom stereocenters. The maximum Gasteiger partial charge on any atom is 0.328 e. The van der Waals surface area contributed by atoms with Crippen molar-refractivity contribution < 1.29 is 9.90 Å². The number of carboxylic acid groups (broad SMARTS) is 1. The Hall–Kier alpha value is -4.08. The number of imidazole rings is 1. The molecular formula is C28H33N7O3. The molecule has 10 heteroatoms. The molecule has 38 heavy (non-hydrogen) atoms. The van der Waals surface area contributed by atoms with Gasteiger partial charge in [0.15, 0.2) is 5.82 Å². The molecule has 2 N–H and O–H groups in total. The average Bonchev–Trinajstić information content (AvgIpc) is 3.49. The Labute approximate surface area is 220 Å². The first-order valence-electron chi connectivity index (χ1n) is 13.4. The smallest absolute Gasteiger partial charge is 0.328 e. The Balaban J connectivity index is 1.58. The molecule has 0 spiro atoms. The first-order valence-corrected chi connectivity index (χ1v) is 13.4. The number of nitrogens with one attached hydrogen (secondary N) is 1. The predicted molar refractivity (Wildman–Crippen MR) is 142 cm³/mol. The van der Waals surface area contributed by atoms with E-state index in [1.165, 1.54) is 0 Å². The number of aromatic amines is 1. The van der Waals surface area contributed by atoms with Crippen LogP contribution in [0.5, 0.6) is 0 Å². The molecule has 0 radical (unpaired) electrons. The van der Waals surface area contributed by atoms with Gasteiger partial charge < -0.3 is 5.11 Å². The van der Waals surface area contributed by atoms with Gasteiger partial charge in [-0.25, -0.2) is 9.89 Å². The van der Waals surface area contributed by atoms with Crippen molar-refractivity contribution in [2.45, 2.75) is 70.9 Å². The van der Waals surface area contributed by atoms with Gasteiger partial charge in [-0.3, -0.25) is 18.9 Å². The summed E-state index contributed by atoms with van der Waals surface area (Å²) in [7, 11) is 0. The fourth-order valence-corrected chi connectivity index (χ4v) is 5.60. The molecule has 1 aliphatic carbocycles. The summed E-state index contributed by atoms with van der Waals surface area (Å²) in [5, 5.41) is 24.3. The van der Waals surface area contributed by atoms with Crippen LogP contribution in [0.2, 0.25) is 0 Å². The first kappa shape index (κ1) is 25.6. The molecular weight excluding hydrogens is 482 g/mol. The summed E-state index contributed by atoms with van der Waals surface area (Å²) in [5.74, 6) is -0.815. The van der Waals surface area contributed by atoms with Crippen LogP contribution in [0.1, 0.15) is 69.2 Å². The monoisotopic (exact) mass is 515 g/mol. The van der Waals surface area contributed by atoms with E-state index in [0.29, 0.717) is 25.2 Å². The SMILES string of the molecule is CCCCc1cn(C2CCCCCC2C(=O)O)c(=O)n1Cc1cnccc1-c1ccccc1-c1nnn[nH]1. The van der Waals surface area contributed by atoms with Gasteiger partial charge >= 0.3 is 11.7 Å². The van der Waals surface area contributed by atoms with E-state index < -0.39 is 11.9 Å². The van der Waals surface area contributed by atoms with Crippen molar-refractivity contribution in [2.24, 2.45) is 5.92 Å². The molecule has 0 saturated heterocycles. The second-order valence-electron chi connectivity index (χ2n) is 9.98. The molecule has 1 fully saturated rings. The summed E-state index contributed by atoms with van der Waals surface area (Å²) in [6.45, 7) is 2.46. The minimum atomic E-state index is -0.820. The van der Waals surface area contributed by atoms with Crippen molar-refractivity contribution in [1.29, 1.82) is 0 Å². The molecule has 2 atom stereocenters. The molecule has 5 rings (SSSR count). The molecule has 3 aromatic heterocycles. The normalized spacial score (nSPS) is 17.8. The minimum absolute atomic E-state index is 0.156. The van der Waals surface area contributed by atoms with Crippen LogP contribution in [0.3, 0.4) is 0 Å². The van der Waals surface area contributed by atoms with Crippen LogP contribution < -0.4 is 5.69 Å². The number of pyridine rings is 1. The summed E-state index contributed by atoms with van der Waals surface area (Å²) in [6.07, 6.45) is 12.2. The van der Waals surface area contributed by atoms with Gasteiger partial charge in [0.05, 0.1) is 18.5 Å². The number of hydrogen-bond acceptors (Lipinski definition) is 6. The quantitative estimate of drug-likeness (QED) is 0.314. The zero-order valence-corrected chi connectivity index (χ0v) is 21.6. The maximum atomic E-state index is 13.9. The Morgan fingerprint density at radius 1 is 1.11 bits per heavy atom. The number of H-pyrrole nitrogens is 1. The van der Waals surface area contributed by atoms with Gasteiger partial charge in [0.2, 0.25) is 0 Å². The third-order valence-corrected chi connectivity index (χ3v) is 7.58. The van der Waals surface area contributed by atoms with Crippen LogP contribution in [-0.2, 0) is 17.8 Å². The lowest BCUT2D eigenvalue weighted by molar-refractivity contribution is -0.143. The van der Waals surface area contributed by atoms with Crippen LogP contribution in [0.4, 0.5) is 0 Å². The molecule has 10 nitrogen and oxygen atoms in total. The number of rotatable bonds is 9. The van der Waals surface area contributed by atoms with E-state index in [-0.39, 0.29) is 11.7 Å². The molecule has 1 aliphatic rings. The van der Waals surface area contributed by atoms with E-state index in [9.17, 15) is 14.7 Å². The number of aromatic nitrogens is 7.